The lowest BCUT2D eigenvalue weighted by molar-refractivity contribution is 0.415. The summed E-state index contributed by atoms with van der Waals surface area (Å²) in [6.07, 6.45) is 0.985. The lowest BCUT2D eigenvalue weighted by Crippen LogP contribution is -2.32. The maximum Gasteiger partial charge on any atom is 0.164 e. The predicted octanol–water partition coefficient (Wildman–Crippen LogP) is 4.78. The Kier molecular flexibility index (Phi) is 8.56. The van der Waals surface area contributed by atoms with Crippen molar-refractivity contribution in [2.75, 3.05) is 36.4 Å². The molecule has 0 atom stereocenters. The fourth-order valence-corrected chi connectivity index (χ4v) is 3.77. The third-order valence-electron chi connectivity index (χ3n) is 5.07. The number of benzene rings is 2. The Hall–Kier alpha value is -2.94. The van der Waals surface area contributed by atoms with E-state index in [1.54, 1.807) is 18.1 Å². The second kappa shape index (κ2) is 10.9. The van der Waals surface area contributed by atoms with Gasteiger partial charge in [0.05, 0.1) is 24.2 Å². The summed E-state index contributed by atoms with van der Waals surface area (Å²) in [5.74, 6) is 6.97. The molecule has 0 aliphatic carbocycles. The summed E-state index contributed by atoms with van der Waals surface area (Å²) in [7, 11) is 3.63. The molecule has 3 N–H and O–H groups in total. The summed E-state index contributed by atoms with van der Waals surface area (Å²) >= 11 is 4.48. The monoisotopic (exact) mass is 445 g/mol. The average molecular weight is 446 g/mol. The van der Waals surface area contributed by atoms with Crippen LogP contribution in [0.25, 0.3) is 0 Å². The Labute approximate surface area is 189 Å². The van der Waals surface area contributed by atoms with Gasteiger partial charge in [-0.2, -0.15) is 17.7 Å². The molecule has 0 aliphatic heterocycles. The molecule has 0 fully saturated rings. The van der Waals surface area contributed by atoms with Crippen LogP contribution in [0.15, 0.2) is 40.6 Å². The zero-order chi connectivity index (χ0) is 23.1. The van der Waals surface area contributed by atoms with Crippen molar-refractivity contribution >= 4 is 35.5 Å². The number of anilines is 2. The molecule has 8 nitrogen and oxygen atoms in total. The van der Waals surface area contributed by atoms with Gasteiger partial charge in [0, 0.05) is 25.3 Å². The van der Waals surface area contributed by atoms with Gasteiger partial charge in [-0.1, -0.05) is 20.8 Å². The van der Waals surface area contributed by atoms with Gasteiger partial charge in [-0.05, 0) is 47.3 Å². The molecule has 0 unspecified atom stereocenters. The van der Waals surface area contributed by atoms with Crippen molar-refractivity contribution in [3.8, 4) is 11.5 Å². The van der Waals surface area contributed by atoms with Crippen LogP contribution in [0, 0.1) is 4.91 Å². The number of phenolic OH excluding ortho intramolecular Hbond substituents is 1. The van der Waals surface area contributed by atoms with Gasteiger partial charge in [0.1, 0.15) is 17.2 Å². The molecular formula is C22H31N5O3S. The molecule has 0 bridgehead atoms. The summed E-state index contributed by atoms with van der Waals surface area (Å²) in [4.78, 5) is 15.1. The third kappa shape index (κ3) is 5.22. The van der Waals surface area contributed by atoms with Gasteiger partial charge in [-0.15, -0.1) is 4.91 Å². The van der Waals surface area contributed by atoms with Crippen LogP contribution in [0.2, 0.25) is 0 Å². The second-order valence-corrected chi connectivity index (χ2v) is 7.76. The molecule has 0 saturated heterocycles. The number of thiol groups is 1. The quantitative estimate of drug-likeness (QED) is 0.0976. The summed E-state index contributed by atoms with van der Waals surface area (Å²) in [6, 6.07) is 8.77. The summed E-state index contributed by atoms with van der Waals surface area (Å²) in [5.41, 5.74) is 2.98. The van der Waals surface area contributed by atoms with Crippen LogP contribution in [0.4, 0.5) is 17.1 Å². The minimum atomic E-state index is -0.133. The molecule has 0 aromatic heterocycles. The minimum Gasteiger partial charge on any atom is -0.507 e. The molecular weight excluding hydrogens is 414 g/mol. The number of nitrogens with two attached hydrogens (primary N) is 1. The molecule has 31 heavy (non-hydrogen) atoms. The number of hydrogen-bond donors (Lipinski definition) is 3. The van der Waals surface area contributed by atoms with Crippen LogP contribution in [0.1, 0.15) is 44.2 Å². The number of nitrogens with zero attached hydrogens (tertiary/aromatic N) is 4. The van der Waals surface area contributed by atoms with Crippen molar-refractivity contribution in [2.45, 2.75) is 33.1 Å². The van der Waals surface area contributed by atoms with Crippen molar-refractivity contribution in [3.05, 3.63) is 46.4 Å². The Morgan fingerprint density at radius 2 is 2.00 bits per heavy atom. The SMILES string of the molecule is CCCN(C)c1cc(N(CS)/C(=N\N)c2cc(C(C)C)c(N=O)cc2O)ccc1OC. The largest absolute Gasteiger partial charge is 0.507 e. The molecule has 2 rings (SSSR count). The Morgan fingerprint density at radius 1 is 1.29 bits per heavy atom. The van der Waals surface area contributed by atoms with E-state index in [4.69, 9.17) is 10.6 Å². The normalized spacial score (nSPS) is 11.5. The third-order valence-corrected chi connectivity index (χ3v) is 5.35. The van der Waals surface area contributed by atoms with E-state index >= 15 is 0 Å². The summed E-state index contributed by atoms with van der Waals surface area (Å²) < 4.78 is 5.53. The zero-order valence-corrected chi connectivity index (χ0v) is 19.6. The van der Waals surface area contributed by atoms with Crippen LogP contribution in [-0.2, 0) is 0 Å². The van der Waals surface area contributed by atoms with Crippen LogP contribution in [0.5, 0.6) is 11.5 Å². The molecule has 0 amide bonds. The fourth-order valence-electron chi connectivity index (χ4n) is 3.47. The van der Waals surface area contributed by atoms with Crippen LogP contribution < -0.4 is 20.4 Å². The highest BCUT2D eigenvalue weighted by atomic mass is 32.1. The van der Waals surface area contributed by atoms with E-state index in [1.165, 1.54) is 6.07 Å². The van der Waals surface area contributed by atoms with Crippen LogP contribution in [0.3, 0.4) is 0 Å². The van der Waals surface area contributed by atoms with Crippen molar-refractivity contribution in [1.29, 1.82) is 0 Å². The Balaban J connectivity index is 2.61. The first-order valence-electron chi connectivity index (χ1n) is 10.1. The molecule has 2 aromatic carbocycles. The molecule has 0 heterocycles. The number of hydrazone groups is 1. The van der Waals surface area contributed by atoms with Gasteiger partial charge < -0.3 is 25.5 Å². The molecule has 0 spiro atoms. The first-order chi connectivity index (χ1) is 14.8. The first kappa shape index (κ1) is 24.3. The highest BCUT2D eigenvalue weighted by molar-refractivity contribution is 7.80. The van der Waals surface area contributed by atoms with Gasteiger partial charge in [0.2, 0.25) is 0 Å². The van der Waals surface area contributed by atoms with E-state index in [9.17, 15) is 10.0 Å². The number of methoxy groups -OCH3 is 1. The van der Waals surface area contributed by atoms with Crippen molar-refractivity contribution in [3.63, 3.8) is 0 Å². The number of aromatic hydroxyl groups is 1. The molecule has 168 valence electrons. The van der Waals surface area contributed by atoms with E-state index in [0.717, 1.165) is 30.1 Å². The molecule has 0 radical (unpaired) electrons. The lowest BCUT2D eigenvalue weighted by Gasteiger charge is -2.28. The van der Waals surface area contributed by atoms with Crippen molar-refractivity contribution in [1.82, 2.24) is 0 Å². The smallest absolute Gasteiger partial charge is 0.164 e. The fraction of sp³-hybridized carbons (Fsp3) is 0.409. The summed E-state index contributed by atoms with van der Waals surface area (Å²) in [5, 5.41) is 17.6. The topological polar surface area (TPSA) is 104 Å². The highest BCUT2D eigenvalue weighted by Gasteiger charge is 2.22. The first-order valence-corrected chi connectivity index (χ1v) is 10.7. The second-order valence-electron chi connectivity index (χ2n) is 7.47. The Bertz CT molecular complexity index is 949. The average Bonchev–Trinajstić information content (AvgIpc) is 2.77. The standard InChI is InChI=1S/C22H31N5O3S/c1-6-9-26(4)19-10-15(7-8-21(19)30-5)27(13-31)22(24-23)17-11-16(14(2)3)18(25-29)12-20(17)28/h7-8,10-12,14,28,31H,6,9,13,23H2,1-5H3/b24-22-. The number of rotatable bonds is 9. The van der Waals surface area contributed by atoms with Crippen LogP contribution in [-0.4, -0.2) is 37.5 Å². The van der Waals surface area contributed by atoms with Gasteiger partial charge >= 0.3 is 0 Å². The lowest BCUT2D eigenvalue weighted by atomic mass is 9.97. The van der Waals surface area contributed by atoms with Crippen molar-refractivity contribution in [2.24, 2.45) is 16.1 Å². The van der Waals surface area contributed by atoms with E-state index in [-0.39, 0.29) is 23.2 Å². The summed E-state index contributed by atoms with van der Waals surface area (Å²) in [6.45, 7) is 6.86. The Morgan fingerprint density at radius 3 is 2.52 bits per heavy atom. The minimum absolute atomic E-state index is 0.0193. The zero-order valence-electron chi connectivity index (χ0n) is 18.7. The molecule has 0 aliphatic rings. The van der Waals surface area contributed by atoms with E-state index < -0.39 is 0 Å². The maximum atomic E-state index is 11.2. The number of hydrogen-bond acceptors (Lipinski definition) is 8. The molecule has 9 heteroatoms. The van der Waals surface area contributed by atoms with Gasteiger partial charge in [-0.3, -0.25) is 0 Å². The van der Waals surface area contributed by atoms with Gasteiger partial charge in [0.25, 0.3) is 0 Å². The van der Waals surface area contributed by atoms with Crippen LogP contribution >= 0.6 is 12.6 Å². The number of amidine groups is 1. The number of nitroso groups, excluding NO2 is 1. The van der Waals surface area contributed by atoms with E-state index in [1.807, 2.05) is 39.1 Å². The van der Waals surface area contributed by atoms with Gasteiger partial charge in [-0.25, -0.2) is 0 Å². The highest BCUT2D eigenvalue weighted by Crippen LogP contribution is 2.36. The van der Waals surface area contributed by atoms with E-state index in [0.29, 0.717) is 17.0 Å². The molecule has 2 aromatic rings. The van der Waals surface area contributed by atoms with Gasteiger partial charge in [0.15, 0.2) is 5.84 Å². The van der Waals surface area contributed by atoms with Crippen molar-refractivity contribution < 1.29 is 9.84 Å². The number of phenols is 1. The number of ether oxygens (including phenoxy) is 1. The molecule has 0 saturated carbocycles. The maximum absolute atomic E-state index is 11.2. The predicted molar refractivity (Wildman–Crippen MR) is 131 cm³/mol. The van der Waals surface area contributed by atoms with E-state index in [2.05, 4.69) is 34.7 Å².